The van der Waals surface area contributed by atoms with Gasteiger partial charge in [-0.05, 0) is 31.7 Å². The highest BCUT2D eigenvalue weighted by molar-refractivity contribution is 7.71. The lowest BCUT2D eigenvalue weighted by Gasteiger charge is -2.24. The Morgan fingerprint density at radius 3 is 2.46 bits per heavy atom. The molecule has 3 aromatic rings. The minimum Gasteiger partial charge on any atom is -0.292 e. The van der Waals surface area contributed by atoms with Gasteiger partial charge in [-0.2, -0.15) is 0 Å². The van der Waals surface area contributed by atoms with E-state index in [1.54, 1.807) is 12.1 Å². The van der Waals surface area contributed by atoms with Crippen LogP contribution >= 0.6 is 12.2 Å². The zero-order valence-corrected chi connectivity index (χ0v) is 14.9. The molecule has 6 heteroatoms. The van der Waals surface area contributed by atoms with Gasteiger partial charge in [-0.1, -0.05) is 54.7 Å². The van der Waals surface area contributed by atoms with Crippen molar-refractivity contribution in [2.45, 2.75) is 25.7 Å². The Hall–Kier alpha value is -2.86. The molecule has 2 aromatic carbocycles. The Bertz CT molecular complexity index is 1040. The fourth-order valence-electron chi connectivity index (χ4n) is 3.56. The standard InChI is InChI=1S/C20H17N3O2S/c24-23(25)18-13-7-6-12-17(18)22-16-11-5-4-10-15(16)20(26)21-19(22)14-8-2-1-3-9-14/h1-3,6-9,12-13H,4-5,10-11H2. The molecule has 1 aromatic heterocycles. The molecule has 0 radical (unpaired) electrons. The summed E-state index contributed by atoms with van der Waals surface area (Å²) in [6.45, 7) is 0. The maximum atomic E-state index is 11.6. The number of aromatic nitrogens is 2. The number of nitro benzene ring substituents is 1. The second kappa shape index (κ2) is 6.80. The maximum Gasteiger partial charge on any atom is 0.293 e. The van der Waals surface area contributed by atoms with E-state index in [1.807, 2.05) is 41.0 Å². The lowest BCUT2D eigenvalue weighted by Crippen LogP contribution is -2.17. The predicted molar refractivity (Wildman–Crippen MR) is 103 cm³/mol. The highest BCUT2D eigenvalue weighted by atomic mass is 32.1. The van der Waals surface area contributed by atoms with Crippen molar-refractivity contribution < 1.29 is 4.92 Å². The van der Waals surface area contributed by atoms with Crippen LogP contribution in [0, 0.1) is 14.8 Å². The molecule has 0 N–H and O–H groups in total. The van der Waals surface area contributed by atoms with Crippen molar-refractivity contribution in [3.8, 4) is 17.1 Å². The van der Waals surface area contributed by atoms with Gasteiger partial charge in [0, 0.05) is 22.9 Å². The van der Waals surface area contributed by atoms with Gasteiger partial charge in [-0.3, -0.25) is 14.7 Å². The average molecular weight is 363 g/mol. The molecule has 1 heterocycles. The van der Waals surface area contributed by atoms with Crippen LogP contribution in [0.3, 0.4) is 0 Å². The Kier molecular flexibility index (Phi) is 4.34. The van der Waals surface area contributed by atoms with Gasteiger partial charge in [0.1, 0.15) is 16.2 Å². The summed E-state index contributed by atoms with van der Waals surface area (Å²) in [6.07, 6.45) is 3.82. The van der Waals surface area contributed by atoms with E-state index in [0.717, 1.165) is 42.5 Å². The fraction of sp³-hybridized carbons (Fsp3) is 0.200. The van der Waals surface area contributed by atoms with Gasteiger partial charge < -0.3 is 0 Å². The molecule has 0 saturated carbocycles. The third-order valence-corrected chi connectivity index (χ3v) is 5.08. The Morgan fingerprint density at radius 1 is 1.00 bits per heavy atom. The molecule has 0 bridgehead atoms. The van der Waals surface area contributed by atoms with E-state index < -0.39 is 0 Å². The first-order valence-electron chi connectivity index (χ1n) is 8.61. The first kappa shape index (κ1) is 16.6. The normalized spacial score (nSPS) is 13.2. The van der Waals surface area contributed by atoms with E-state index in [2.05, 4.69) is 4.98 Å². The molecule has 0 aliphatic heterocycles. The first-order chi connectivity index (χ1) is 12.7. The van der Waals surface area contributed by atoms with Crippen LogP contribution in [0.5, 0.6) is 0 Å². The lowest BCUT2D eigenvalue weighted by atomic mass is 9.96. The van der Waals surface area contributed by atoms with Gasteiger partial charge in [0.15, 0.2) is 0 Å². The molecule has 0 unspecified atom stereocenters. The van der Waals surface area contributed by atoms with Crippen LogP contribution in [0.2, 0.25) is 0 Å². The van der Waals surface area contributed by atoms with Crippen molar-refractivity contribution in [1.29, 1.82) is 0 Å². The largest absolute Gasteiger partial charge is 0.293 e. The molecule has 130 valence electrons. The van der Waals surface area contributed by atoms with Gasteiger partial charge in [-0.25, -0.2) is 4.98 Å². The van der Waals surface area contributed by atoms with E-state index in [0.29, 0.717) is 16.2 Å². The SMILES string of the molecule is O=[N+]([O-])c1ccccc1-n1c(-c2ccccc2)nc(=S)c2c1CCCC2. The first-order valence-corrected chi connectivity index (χ1v) is 9.01. The monoisotopic (exact) mass is 363 g/mol. The van der Waals surface area contributed by atoms with E-state index in [4.69, 9.17) is 12.2 Å². The van der Waals surface area contributed by atoms with Crippen molar-refractivity contribution in [2.75, 3.05) is 0 Å². The summed E-state index contributed by atoms with van der Waals surface area (Å²) in [5, 5.41) is 11.6. The molecule has 0 atom stereocenters. The van der Waals surface area contributed by atoms with Gasteiger partial charge in [0.05, 0.1) is 4.92 Å². The number of hydrogen-bond acceptors (Lipinski definition) is 4. The summed E-state index contributed by atoms with van der Waals surface area (Å²) in [6, 6.07) is 16.5. The van der Waals surface area contributed by atoms with Gasteiger partial charge in [0.2, 0.25) is 0 Å². The molecule has 0 saturated heterocycles. The van der Waals surface area contributed by atoms with Crippen LogP contribution in [0.15, 0.2) is 54.6 Å². The smallest absolute Gasteiger partial charge is 0.292 e. The van der Waals surface area contributed by atoms with Crippen LogP contribution in [-0.4, -0.2) is 14.5 Å². The van der Waals surface area contributed by atoms with Crippen molar-refractivity contribution in [2.24, 2.45) is 0 Å². The molecular weight excluding hydrogens is 346 g/mol. The summed E-state index contributed by atoms with van der Waals surface area (Å²) in [4.78, 5) is 16.0. The molecule has 1 aliphatic rings. The number of fused-ring (bicyclic) bond motifs is 1. The van der Waals surface area contributed by atoms with Crippen LogP contribution in [0.4, 0.5) is 5.69 Å². The molecule has 0 spiro atoms. The number of nitrogens with zero attached hydrogens (tertiary/aromatic N) is 3. The highest BCUT2D eigenvalue weighted by Gasteiger charge is 2.24. The Morgan fingerprint density at radius 2 is 1.69 bits per heavy atom. The Labute approximate surface area is 156 Å². The van der Waals surface area contributed by atoms with Crippen LogP contribution in [0.25, 0.3) is 17.1 Å². The van der Waals surface area contributed by atoms with Crippen LogP contribution < -0.4 is 0 Å². The van der Waals surface area contributed by atoms with Crippen molar-refractivity contribution >= 4 is 17.9 Å². The van der Waals surface area contributed by atoms with Gasteiger partial charge in [-0.15, -0.1) is 0 Å². The minimum atomic E-state index is -0.339. The number of para-hydroxylation sites is 2. The van der Waals surface area contributed by atoms with Gasteiger partial charge >= 0.3 is 0 Å². The molecule has 0 fully saturated rings. The fourth-order valence-corrected chi connectivity index (χ4v) is 3.86. The van der Waals surface area contributed by atoms with Crippen molar-refractivity contribution in [3.05, 3.63) is 80.6 Å². The van der Waals surface area contributed by atoms with Crippen LogP contribution in [0.1, 0.15) is 24.1 Å². The second-order valence-corrected chi connectivity index (χ2v) is 6.71. The lowest BCUT2D eigenvalue weighted by molar-refractivity contribution is -0.384. The van der Waals surface area contributed by atoms with E-state index in [1.165, 1.54) is 6.07 Å². The highest BCUT2D eigenvalue weighted by Crippen LogP contribution is 2.33. The molecule has 4 rings (SSSR count). The van der Waals surface area contributed by atoms with Crippen molar-refractivity contribution in [1.82, 2.24) is 9.55 Å². The summed E-state index contributed by atoms with van der Waals surface area (Å²) >= 11 is 5.56. The number of hydrogen-bond donors (Lipinski definition) is 0. The molecule has 5 nitrogen and oxygen atoms in total. The van der Waals surface area contributed by atoms with Crippen molar-refractivity contribution in [3.63, 3.8) is 0 Å². The maximum absolute atomic E-state index is 11.6. The summed E-state index contributed by atoms with van der Waals surface area (Å²) in [5.41, 5.74) is 3.59. The summed E-state index contributed by atoms with van der Waals surface area (Å²) in [7, 11) is 0. The third-order valence-electron chi connectivity index (χ3n) is 4.74. The molecular formula is C20H17N3O2S. The number of rotatable bonds is 3. The average Bonchev–Trinajstić information content (AvgIpc) is 2.68. The predicted octanol–water partition coefficient (Wildman–Crippen LogP) is 5.06. The topological polar surface area (TPSA) is 61.0 Å². The summed E-state index contributed by atoms with van der Waals surface area (Å²) in [5.74, 6) is 0.658. The Balaban J connectivity index is 2.10. The van der Waals surface area contributed by atoms with E-state index in [9.17, 15) is 10.1 Å². The number of nitro groups is 1. The van der Waals surface area contributed by atoms with E-state index >= 15 is 0 Å². The minimum absolute atomic E-state index is 0.0707. The second-order valence-electron chi connectivity index (χ2n) is 6.32. The third kappa shape index (κ3) is 2.82. The summed E-state index contributed by atoms with van der Waals surface area (Å²) < 4.78 is 2.55. The van der Waals surface area contributed by atoms with Gasteiger partial charge in [0.25, 0.3) is 5.69 Å². The number of benzene rings is 2. The molecule has 26 heavy (non-hydrogen) atoms. The quantitative estimate of drug-likeness (QED) is 0.371. The zero-order valence-electron chi connectivity index (χ0n) is 14.1. The molecule has 1 aliphatic carbocycles. The van der Waals surface area contributed by atoms with Crippen LogP contribution in [-0.2, 0) is 12.8 Å². The molecule has 0 amide bonds. The van der Waals surface area contributed by atoms with E-state index in [-0.39, 0.29) is 10.6 Å². The zero-order chi connectivity index (χ0) is 18.1.